The number of halogens is 3. The molecule has 190 valence electrons. The summed E-state index contributed by atoms with van der Waals surface area (Å²) in [5.74, 6) is -0.652. The molecule has 1 amide bonds. The summed E-state index contributed by atoms with van der Waals surface area (Å²) in [6.45, 7) is -0.168. The smallest absolute Gasteiger partial charge is 0.416 e. The highest BCUT2D eigenvalue weighted by Gasteiger charge is 2.32. The van der Waals surface area contributed by atoms with Crippen molar-refractivity contribution >= 4 is 12.1 Å². The van der Waals surface area contributed by atoms with Crippen molar-refractivity contribution in [3.05, 3.63) is 89.0 Å². The van der Waals surface area contributed by atoms with Gasteiger partial charge in [0.15, 0.2) is 11.5 Å². The number of carbonyl (C=O) groups is 2. The van der Waals surface area contributed by atoms with E-state index in [1.54, 1.807) is 36.4 Å². The highest BCUT2D eigenvalue weighted by molar-refractivity contribution is 5.70. The molecule has 7 nitrogen and oxygen atoms in total. The van der Waals surface area contributed by atoms with Crippen molar-refractivity contribution in [1.82, 2.24) is 4.90 Å². The molecule has 0 saturated carbocycles. The fraction of sp³-hybridized carbons (Fsp3) is 0.231. The Balaban J connectivity index is 2.02. The third-order valence-corrected chi connectivity index (χ3v) is 5.20. The number of hydrogen-bond donors (Lipinski definition) is 1. The molecule has 0 fully saturated rings. The summed E-state index contributed by atoms with van der Waals surface area (Å²) in [5.41, 5.74) is 0.310. The van der Waals surface area contributed by atoms with E-state index in [1.165, 1.54) is 31.3 Å². The summed E-state index contributed by atoms with van der Waals surface area (Å²) in [5, 5.41) is 9.09. The van der Waals surface area contributed by atoms with Gasteiger partial charge in [-0.25, -0.2) is 4.79 Å². The summed E-state index contributed by atoms with van der Waals surface area (Å²) < 4.78 is 56.6. The molecule has 0 atom stereocenters. The van der Waals surface area contributed by atoms with Gasteiger partial charge in [-0.2, -0.15) is 13.2 Å². The standard InChI is InChI=1S/C26H24F3NO6/c1-34-22-10-8-18(13-24(31)32)12-23(22)36-21-11-9-20(26(27,28)29)14-19(21)16-30(25(33)35-2)15-17-6-4-3-5-7-17/h3-12,14H,13,15-16H2,1-2H3,(H,31,32). The fourth-order valence-electron chi connectivity index (χ4n) is 3.51. The van der Waals surface area contributed by atoms with Crippen LogP contribution >= 0.6 is 0 Å². The Hall–Kier alpha value is -4.21. The molecular weight excluding hydrogens is 479 g/mol. The second-order valence-corrected chi connectivity index (χ2v) is 7.79. The van der Waals surface area contributed by atoms with Gasteiger partial charge in [0, 0.05) is 12.1 Å². The van der Waals surface area contributed by atoms with Crippen molar-refractivity contribution in [2.24, 2.45) is 0 Å². The van der Waals surface area contributed by atoms with E-state index in [1.807, 2.05) is 0 Å². The average Bonchev–Trinajstić information content (AvgIpc) is 2.84. The van der Waals surface area contributed by atoms with Gasteiger partial charge in [-0.15, -0.1) is 0 Å². The third kappa shape index (κ3) is 6.91. The molecule has 0 heterocycles. The summed E-state index contributed by atoms with van der Waals surface area (Å²) in [6.07, 6.45) is -5.64. The van der Waals surface area contributed by atoms with Crippen LogP contribution in [0.15, 0.2) is 66.7 Å². The number of carboxylic acid groups (broad SMARTS) is 1. The molecule has 0 saturated heterocycles. The van der Waals surface area contributed by atoms with Crippen molar-refractivity contribution in [3.63, 3.8) is 0 Å². The van der Waals surface area contributed by atoms with E-state index in [9.17, 15) is 22.8 Å². The topological polar surface area (TPSA) is 85.3 Å². The second-order valence-electron chi connectivity index (χ2n) is 7.79. The van der Waals surface area contributed by atoms with Gasteiger partial charge in [0.05, 0.1) is 32.7 Å². The molecule has 3 aromatic carbocycles. The SMILES string of the molecule is COC(=O)N(Cc1ccccc1)Cc1cc(C(F)(F)F)ccc1Oc1cc(CC(=O)O)ccc1OC. The number of amides is 1. The van der Waals surface area contributed by atoms with E-state index in [4.69, 9.17) is 19.3 Å². The van der Waals surface area contributed by atoms with E-state index in [-0.39, 0.29) is 42.3 Å². The minimum atomic E-state index is -4.62. The van der Waals surface area contributed by atoms with Gasteiger partial charge in [-0.1, -0.05) is 36.4 Å². The van der Waals surface area contributed by atoms with Gasteiger partial charge in [0.25, 0.3) is 0 Å². The predicted molar refractivity (Wildman–Crippen MR) is 124 cm³/mol. The molecule has 10 heteroatoms. The van der Waals surface area contributed by atoms with Gasteiger partial charge < -0.3 is 19.3 Å². The molecule has 0 aliphatic carbocycles. The number of aliphatic carboxylic acids is 1. The first kappa shape index (κ1) is 26.4. The molecule has 0 aliphatic heterocycles. The maximum absolute atomic E-state index is 13.5. The van der Waals surface area contributed by atoms with Gasteiger partial charge in [-0.3, -0.25) is 9.69 Å². The Morgan fingerprint density at radius 1 is 0.861 bits per heavy atom. The molecule has 3 rings (SSSR count). The third-order valence-electron chi connectivity index (χ3n) is 5.20. The maximum atomic E-state index is 13.5. The summed E-state index contributed by atoms with van der Waals surface area (Å²) in [4.78, 5) is 24.8. The van der Waals surface area contributed by atoms with E-state index >= 15 is 0 Å². The van der Waals surface area contributed by atoms with E-state index in [0.29, 0.717) is 5.56 Å². The van der Waals surface area contributed by atoms with Gasteiger partial charge in [0.2, 0.25) is 0 Å². The highest BCUT2D eigenvalue weighted by Crippen LogP contribution is 2.38. The normalized spacial score (nSPS) is 11.0. The molecule has 0 unspecified atom stereocenters. The first-order chi connectivity index (χ1) is 17.1. The number of benzene rings is 3. The zero-order valence-corrected chi connectivity index (χ0v) is 19.5. The number of methoxy groups -OCH3 is 2. The first-order valence-corrected chi connectivity index (χ1v) is 10.7. The first-order valence-electron chi connectivity index (χ1n) is 10.7. The van der Waals surface area contributed by atoms with E-state index < -0.39 is 23.8 Å². The van der Waals surface area contributed by atoms with Crippen LogP contribution in [-0.4, -0.2) is 36.3 Å². The molecule has 0 aromatic heterocycles. The molecule has 0 aliphatic rings. The van der Waals surface area contributed by atoms with Gasteiger partial charge in [0.1, 0.15) is 5.75 Å². The second kappa shape index (κ2) is 11.5. The molecule has 3 aromatic rings. The van der Waals surface area contributed by atoms with Crippen molar-refractivity contribution in [2.75, 3.05) is 14.2 Å². The number of carbonyl (C=O) groups excluding carboxylic acids is 1. The Morgan fingerprint density at radius 3 is 2.17 bits per heavy atom. The minimum absolute atomic E-state index is 0.0377. The van der Waals surface area contributed by atoms with E-state index in [2.05, 4.69) is 0 Å². The lowest BCUT2D eigenvalue weighted by Gasteiger charge is -2.24. The molecule has 0 radical (unpaired) electrons. The molecule has 0 bridgehead atoms. The van der Waals surface area contributed by atoms with Gasteiger partial charge >= 0.3 is 18.2 Å². The van der Waals surface area contributed by atoms with Crippen LogP contribution in [-0.2, 0) is 35.2 Å². The molecule has 36 heavy (non-hydrogen) atoms. The van der Waals surface area contributed by atoms with Crippen LogP contribution in [0.1, 0.15) is 22.3 Å². The largest absolute Gasteiger partial charge is 0.493 e. The highest BCUT2D eigenvalue weighted by atomic mass is 19.4. The van der Waals surface area contributed by atoms with Crippen LogP contribution in [0.5, 0.6) is 17.2 Å². The average molecular weight is 503 g/mol. The Morgan fingerprint density at radius 2 is 1.56 bits per heavy atom. The van der Waals surface area contributed by atoms with Crippen LogP contribution in [0.2, 0.25) is 0 Å². The number of rotatable bonds is 9. The quantitative estimate of drug-likeness (QED) is 0.391. The van der Waals surface area contributed by atoms with Crippen LogP contribution in [0.25, 0.3) is 0 Å². The molecular formula is C26H24F3NO6. The van der Waals surface area contributed by atoms with Crippen LogP contribution < -0.4 is 9.47 Å². The number of carboxylic acids is 1. The number of alkyl halides is 3. The number of hydrogen-bond acceptors (Lipinski definition) is 5. The van der Waals surface area contributed by atoms with Gasteiger partial charge in [-0.05, 0) is 41.5 Å². The molecule has 0 spiro atoms. The van der Waals surface area contributed by atoms with Crippen LogP contribution in [0, 0.1) is 0 Å². The Labute approximate surface area is 205 Å². The Kier molecular flexibility index (Phi) is 8.42. The van der Waals surface area contributed by atoms with Crippen LogP contribution in [0.4, 0.5) is 18.0 Å². The Bertz CT molecular complexity index is 1210. The monoisotopic (exact) mass is 503 g/mol. The summed E-state index contributed by atoms with van der Waals surface area (Å²) in [7, 11) is 2.56. The van der Waals surface area contributed by atoms with Crippen molar-refractivity contribution in [2.45, 2.75) is 25.7 Å². The number of ether oxygens (including phenoxy) is 3. The zero-order chi connectivity index (χ0) is 26.3. The molecule has 1 N–H and O–H groups in total. The zero-order valence-electron chi connectivity index (χ0n) is 19.5. The lowest BCUT2D eigenvalue weighted by atomic mass is 10.1. The van der Waals surface area contributed by atoms with E-state index in [0.717, 1.165) is 23.8 Å². The maximum Gasteiger partial charge on any atom is 0.416 e. The minimum Gasteiger partial charge on any atom is -0.493 e. The predicted octanol–water partition coefficient (Wildman–Crippen LogP) is 5.90. The number of nitrogens with zero attached hydrogens (tertiary/aromatic N) is 1. The van der Waals surface area contributed by atoms with Crippen molar-refractivity contribution < 1.29 is 42.1 Å². The lowest BCUT2D eigenvalue weighted by Crippen LogP contribution is -2.30. The summed E-state index contributed by atoms with van der Waals surface area (Å²) >= 11 is 0. The fourth-order valence-corrected chi connectivity index (χ4v) is 3.51. The summed E-state index contributed by atoms with van der Waals surface area (Å²) in [6, 6.07) is 16.3. The van der Waals surface area contributed by atoms with Crippen molar-refractivity contribution in [1.29, 1.82) is 0 Å². The lowest BCUT2D eigenvalue weighted by molar-refractivity contribution is -0.138. The van der Waals surface area contributed by atoms with Crippen molar-refractivity contribution in [3.8, 4) is 17.2 Å². The van der Waals surface area contributed by atoms with Crippen LogP contribution in [0.3, 0.4) is 0 Å².